The first kappa shape index (κ1) is 21.8. The van der Waals surface area contributed by atoms with Gasteiger partial charge in [-0.1, -0.05) is 0 Å². The molecule has 1 atom stereocenters. The first-order valence-electron chi connectivity index (χ1n) is 12.1. The Balaban J connectivity index is 1.27. The van der Waals surface area contributed by atoms with Gasteiger partial charge in [-0.2, -0.15) is 0 Å². The van der Waals surface area contributed by atoms with Crippen molar-refractivity contribution >= 4 is 28.3 Å². The summed E-state index contributed by atoms with van der Waals surface area (Å²) in [6.07, 6.45) is 7.11. The fraction of sp³-hybridized carbons (Fsp3) is 0.440. The molecule has 6 rings (SSSR count). The van der Waals surface area contributed by atoms with Crippen LogP contribution in [0.1, 0.15) is 25.7 Å². The van der Waals surface area contributed by atoms with E-state index in [9.17, 15) is 4.79 Å². The highest BCUT2D eigenvalue weighted by atomic mass is 16.5. The Labute approximate surface area is 202 Å². The van der Waals surface area contributed by atoms with Crippen LogP contribution < -0.4 is 15.0 Å². The second kappa shape index (κ2) is 8.84. The van der Waals surface area contributed by atoms with Gasteiger partial charge in [0.25, 0.3) is 0 Å². The van der Waals surface area contributed by atoms with Crippen LogP contribution in [0.2, 0.25) is 0 Å². The largest absolute Gasteiger partial charge is 0.474 e. The summed E-state index contributed by atoms with van der Waals surface area (Å²) in [5, 5.41) is 8.53. The Kier molecular flexibility index (Phi) is 5.52. The highest BCUT2D eigenvalue weighted by Gasteiger charge is 2.25. The van der Waals surface area contributed by atoms with Crippen molar-refractivity contribution < 1.29 is 13.9 Å². The SMILES string of the molecule is CN(C)C1CCN(c2nccc3oc(-c4cnc5ccc(OCC6CCC(=O)N6)nn45)cc23)CC1. The van der Waals surface area contributed by atoms with E-state index in [0.717, 1.165) is 54.8 Å². The maximum Gasteiger partial charge on any atom is 0.231 e. The maximum atomic E-state index is 11.4. The normalized spacial score (nSPS) is 19.2. The van der Waals surface area contributed by atoms with Gasteiger partial charge in [-0.15, -0.1) is 5.10 Å². The summed E-state index contributed by atoms with van der Waals surface area (Å²) in [4.78, 5) is 25.3. The van der Waals surface area contributed by atoms with Crippen LogP contribution in [-0.2, 0) is 4.79 Å². The number of aromatic nitrogens is 4. The van der Waals surface area contributed by atoms with E-state index in [4.69, 9.17) is 14.1 Å². The van der Waals surface area contributed by atoms with Crippen LogP contribution in [-0.4, -0.2) is 76.3 Å². The number of carbonyl (C=O) groups excluding carboxylic acids is 1. The molecule has 2 saturated heterocycles. The van der Waals surface area contributed by atoms with Gasteiger partial charge in [0.2, 0.25) is 11.8 Å². The molecule has 1 N–H and O–H groups in total. The maximum absolute atomic E-state index is 11.4. The van der Waals surface area contributed by atoms with Crippen molar-refractivity contribution in [3.63, 3.8) is 0 Å². The summed E-state index contributed by atoms with van der Waals surface area (Å²) in [6.45, 7) is 2.32. The fourth-order valence-electron chi connectivity index (χ4n) is 5.01. The second-order valence-corrected chi connectivity index (χ2v) is 9.54. The highest BCUT2D eigenvalue weighted by Crippen LogP contribution is 2.34. The zero-order chi connectivity index (χ0) is 23.9. The zero-order valence-electron chi connectivity index (χ0n) is 20.0. The molecule has 35 heavy (non-hydrogen) atoms. The van der Waals surface area contributed by atoms with E-state index >= 15 is 0 Å². The van der Waals surface area contributed by atoms with Crippen LogP contribution >= 0.6 is 0 Å². The average Bonchev–Trinajstić information content (AvgIpc) is 3.59. The molecule has 10 nitrogen and oxygen atoms in total. The van der Waals surface area contributed by atoms with Gasteiger partial charge in [0.05, 0.1) is 17.6 Å². The third-order valence-corrected chi connectivity index (χ3v) is 7.03. The molecule has 1 unspecified atom stereocenters. The van der Waals surface area contributed by atoms with Gasteiger partial charge in [0.15, 0.2) is 11.4 Å². The molecule has 2 fully saturated rings. The van der Waals surface area contributed by atoms with Crippen LogP contribution in [0.15, 0.2) is 41.1 Å². The van der Waals surface area contributed by atoms with Crippen molar-refractivity contribution in [3.8, 4) is 17.3 Å². The smallest absolute Gasteiger partial charge is 0.231 e. The first-order chi connectivity index (χ1) is 17.0. The number of imidazole rings is 1. The van der Waals surface area contributed by atoms with E-state index in [1.807, 2.05) is 24.4 Å². The molecule has 10 heteroatoms. The summed E-state index contributed by atoms with van der Waals surface area (Å²) in [6, 6.07) is 8.21. The van der Waals surface area contributed by atoms with E-state index in [1.165, 1.54) is 0 Å². The summed E-state index contributed by atoms with van der Waals surface area (Å²) >= 11 is 0. The first-order valence-corrected chi connectivity index (χ1v) is 12.1. The monoisotopic (exact) mass is 475 g/mol. The zero-order valence-corrected chi connectivity index (χ0v) is 20.0. The lowest BCUT2D eigenvalue weighted by atomic mass is 10.0. The molecule has 0 radical (unpaired) electrons. The van der Waals surface area contributed by atoms with E-state index in [-0.39, 0.29) is 11.9 Å². The number of pyridine rings is 1. The number of piperidine rings is 1. The van der Waals surface area contributed by atoms with Gasteiger partial charge in [-0.3, -0.25) is 4.79 Å². The number of carbonyl (C=O) groups is 1. The van der Waals surface area contributed by atoms with Gasteiger partial charge in [0, 0.05) is 37.8 Å². The van der Waals surface area contributed by atoms with E-state index in [2.05, 4.69) is 39.3 Å². The number of furan rings is 1. The van der Waals surface area contributed by atoms with Crippen molar-refractivity contribution in [3.05, 3.63) is 36.7 Å². The van der Waals surface area contributed by atoms with Crippen molar-refractivity contribution in [2.24, 2.45) is 0 Å². The van der Waals surface area contributed by atoms with Crippen molar-refractivity contribution in [2.75, 3.05) is 38.7 Å². The molecule has 0 spiro atoms. The van der Waals surface area contributed by atoms with Gasteiger partial charge in [0.1, 0.15) is 23.7 Å². The number of amides is 1. The lowest BCUT2D eigenvalue weighted by Gasteiger charge is -2.36. The third-order valence-electron chi connectivity index (χ3n) is 7.03. The number of rotatable bonds is 6. The highest BCUT2D eigenvalue weighted by molar-refractivity contribution is 5.92. The Morgan fingerprint density at radius 3 is 2.80 bits per heavy atom. The van der Waals surface area contributed by atoms with E-state index < -0.39 is 0 Å². The number of nitrogens with one attached hydrogen (secondary N) is 1. The summed E-state index contributed by atoms with van der Waals surface area (Å²) in [7, 11) is 4.29. The third kappa shape index (κ3) is 4.18. The quantitative estimate of drug-likeness (QED) is 0.454. The Bertz CT molecular complexity index is 1370. The van der Waals surface area contributed by atoms with Crippen LogP contribution in [0, 0.1) is 0 Å². The van der Waals surface area contributed by atoms with Gasteiger partial charge >= 0.3 is 0 Å². The predicted molar refractivity (Wildman–Crippen MR) is 132 cm³/mol. The molecule has 0 saturated carbocycles. The standard InChI is InChI=1S/C25H29N7O3/c1-30(2)17-8-11-31(12-9-17)25-18-13-21(35-20(18)7-10-26-25)19-14-27-22-4-6-24(29-32(19)22)34-15-16-3-5-23(33)28-16/h4,6-7,10,13-14,16-17H,3,5,8-9,11-12,15H2,1-2H3,(H,28,33). The minimum Gasteiger partial charge on any atom is -0.474 e. The lowest BCUT2D eigenvalue weighted by Crippen LogP contribution is -2.42. The Morgan fingerprint density at radius 2 is 2.03 bits per heavy atom. The van der Waals surface area contributed by atoms with Crippen molar-refractivity contribution in [1.82, 2.24) is 29.8 Å². The van der Waals surface area contributed by atoms with Gasteiger partial charge in [-0.25, -0.2) is 14.5 Å². The second-order valence-electron chi connectivity index (χ2n) is 9.54. The molecule has 182 valence electrons. The Hall–Kier alpha value is -3.66. The molecule has 4 aromatic rings. The lowest BCUT2D eigenvalue weighted by molar-refractivity contribution is -0.119. The van der Waals surface area contributed by atoms with Gasteiger partial charge in [-0.05, 0) is 51.6 Å². The van der Waals surface area contributed by atoms with Crippen LogP contribution in [0.25, 0.3) is 28.1 Å². The molecular formula is C25H29N7O3. The molecule has 0 bridgehead atoms. The molecule has 4 aromatic heterocycles. The minimum atomic E-state index is 0.0198. The number of hydrogen-bond acceptors (Lipinski definition) is 8. The van der Waals surface area contributed by atoms with Crippen LogP contribution in [0.5, 0.6) is 5.88 Å². The molecule has 2 aliphatic heterocycles. The molecule has 6 heterocycles. The van der Waals surface area contributed by atoms with Crippen molar-refractivity contribution in [2.45, 2.75) is 37.8 Å². The van der Waals surface area contributed by atoms with Crippen LogP contribution in [0.3, 0.4) is 0 Å². The summed E-state index contributed by atoms with van der Waals surface area (Å²) < 4.78 is 13.8. The van der Waals surface area contributed by atoms with Gasteiger partial charge < -0.3 is 24.3 Å². The number of anilines is 1. The fourth-order valence-corrected chi connectivity index (χ4v) is 5.01. The number of ether oxygens (including phenoxy) is 1. The molecule has 0 aromatic carbocycles. The number of hydrogen-bond donors (Lipinski definition) is 1. The average molecular weight is 476 g/mol. The predicted octanol–water partition coefficient (Wildman–Crippen LogP) is 2.73. The number of nitrogens with zero attached hydrogens (tertiary/aromatic N) is 6. The molecule has 2 aliphatic rings. The Morgan fingerprint density at radius 1 is 1.17 bits per heavy atom. The molecule has 0 aliphatic carbocycles. The molecule has 1 amide bonds. The number of fused-ring (bicyclic) bond motifs is 2. The van der Waals surface area contributed by atoms with Crippen LogP contribution in [0.4, 0.5) is 5.82 Å². The van der Waals surface area contributed by atoms with Crippen molar-refractivity contribution in [1.29, 1.82) is 0 Å². The minimum absolute atomic E-state index is 0.0198. The summed E-state index contributed by atoms with van der Waals surface area (Å²) in [5.41, 5.74) is 2.23. The van der Waals surface area contributed by atoms with E-state index in [0.29, 0.717) is 36.4 Å². The molecular weight excluding hydrogens is 446 g/mol. The van der Waals surface area contributed by atoms with E-state index in [1.54, 1.807) is 16.8 Å². The topological polar surface area (TPSA) is 101 Å². The summed E-state index contributed by atoms with van der Waals surface area (Å²) in [5.74, 6) is 2.18.